The average Bonchev–Trinajstić information content (AvgIpc) is 2.82. The fourth-order valence-corrected chi connectivity index (χ4v) is 2.36. The van der Waals surface area contributed by atoms with Crippen LogP contribution in [0.4, 0.5) is 4.39 Å². The Kier molecular flexibility index (Phi) is 6.45. The number of halogens is 2. The van der Waals surface area contributed by atoms with Crippen molar-refractivity contribution in [2.45, 2.75) is 13.5 Å². The van der Waals surface area contributed by atoms with Crippen LogP contribution in [0, 0.1) is 12.7 Å². The number of aromatic nitrogens is 2. The SMILES string of the molecule is C=CCNC(=S)N/N=C/c1c(C)nn(Cc2ccc(F)cc2)c1Cl. The first kappa shape index (κ1) is 18.1. The van der Waals surface area contributed by atoms with Crippen LogP contribution >= 0.6 is 23.8 Å². The molecule has 2 aromatic rings. The number of aryl methyl sites for hydroxylation is 1. The molecule has 2 N–H and O–H groups in total. The fourth-order valence-electron chi connectivity index (χ4n) is 1.94. The van der Waals surface area contributed by atoms with E-state index in [1.165, 1.54) is 12.1 Å². The molecule has 0 radical (unpaired) electrons. The van der Waals surface area contributed by atoms with E-state index in [-0.39, 0.29) is 5.82 Å². The summed E-state index contributed by atoms with van der Waals surface area (Å²) in [5, 5.41) is 12.2. The minimum atomic E-state index is -0.276. The second kappa shape index (κ2) is 8.56. The molecule has 1 aromatic heterocycles. The molecule has 8 heteroatoms. The maximum atomic E-state index is 13.0. The highest BCUT2D eigenvalue weighted by Crippen LogP contribution is 2.19. The second-order valence-electron chi connectivity index (χ2n) is 4.94. The molecule has 0 aliphatic rings. The van der Waals surface area contributed by atoms with Crippen LogP contribution in [-0.4, -0.2) is 27.7 Å². The summed E-state index contributed by atoms with van der Waals surface area (Å²) in [5.74, 6) is -0.276. The van der Waals surface area contributed by atoms with Gasteiger partial charge in [-0.3, -0.25) is 5.43 Å². The molecule has 1 heterocycles. The highest BCUT2D eigenvalue weighted by atomic mass is 35.5. The summed E-state index contributed by atoms with van der Waals surface area (Å²) in [6, 6.07) is 6.20. The van der Waals surface area contributed by atoms with Gasteiger partial charge in [0.1, 0.15) is 11.0 Å². The summed E-state index contributed by atoms with van der Waals surface area (Å²) in [4.78, 5) is 0. The lowest BCUT2D eigenvalue weighted by atomic mass is 10.2. The summed E-state index contributed by atoms with van der Waals surface area (Å²) in [5.41, 5.74) is 5.02. The molecule has 0 saturated carbocycles. The number of hydrogen-bond acceptors (Lipinski definition) is 3. The van der Waals surface area contributed by atoms with E-state index < -0.39 is 0 Å². The average molecular weight is 366 g/mol. The van der Waals surface area contributed by atoms with Gasteiger partial charge in [-0.15, -0.1) is 6.58 Å². The predicted octanol–water partition coefficient (Wildman–Crippen LogP) is 3.02. The zero-order chi connectivity index (χ0) is 17.5. The van der Waals surface area contributed by atoms with Crippen LogP contribution in [-0.2, 0) is 6.54 Å². The Morgan fingerprint density at radius 2 is 2.17 bits per heavy atom. The van der Waals surface area contributed by atoms with Crippen LogP contribution in [0.25, 0.3) is 0 Å². The lowest BCUT2D eigenvalue weighted by Gasteiger charge is -2.04. The van der Waals surface area contributed by atoms with E-state index in [0.717, 1.165) is 11.3 Å². The van der Waals surface area contributed by atoms with E-state index in [9.17, 15) is 4.39 Å². The summed E-state index contributed by atoms with van der Waals surface area (Å²) < 4.78 is 14.6. The summed E-state index contributed by atoms with van der Waals surface area (Å²) >= 11 is 11.4. The van der Waals surface area contributed by atoms with Crippen molar-refractivity contribution >= 4 is 35.1 Å². The van der Waals surface area contributed by atoms with Crippen LogP contribution in [0.5, 0.6) is 0 Å². The maximum absolute atomic E-state index is 13.0. The highest BCUT2D eigenvalue weighted by molar-refractivity contribution is 7.80. The van der Waals surface area contributed by atoms with Gasteiger partial charge in [-0.05, 0) is 36.8 Å². The van der Waals surface area contributed by atoms with Gasteiger partial charge in [0.15, 0.2) is 5.11 Å². The Labute approximate surface area is 150 Å². The first-order valence-corrected chi connectivity index (χ1v) is 7.95. The van der Waals surface area contributed by atoms with Crippen molar-refractivity contribution in [2.24, 2.45) is 5.10 Å². The Hall–Kier alpha value is -2.25. The van der Waals surface area contributed by atoms with Gasteiger partial charge >= 0.3 is 0 Å². The fraction of sp³-hybridized carbons (Fsp3) is 0.188. The molecule has 0 bridgehead atoms. The molecule has 0 saturated heterocycles. The molecule has 0 fully saturated rings. The summed E-state index contributed by atoms with van der Waals surface area (Å²) in [6.45, 7) is 6.42. The summed E-state index contributed by atoms with van der Waals surface area (Å²) in [6.07, 6.45) is 3.26. The molecule has 126 valence electrons. The van der Waals surface area contributed by atoms with Crippen molar-refractivity contribution in [3.8, 4) is 0 Å². The van der Waals surface area contributed by atoms with Crippen molar-refractivity contribution in [1.29, 1.82) is 0 Å². The minimum absolute atomic E-state index is 0.276. The van der Waals surface area contributed by atoms with Gasteiger partial charge in [0.25, 0.3) is 0 Å². The first-order chi connectivity index (χ1) is 11.5. The van der Waals surface area contributed by atoms with Crippen LogP contribution in [0.1, 0.15) is 16.8 Å². The number of nitrogens with zero attached hydrogens (tertiary/aromatic N) is 3. The van der Waals surface area contributed by atoms with Crippen molar-refractivity contribution in [3.05, 3.63) is 64.7 Å². The molecular formula is C16H17ClFN5S. The number of rotatable bonds is 6. The predicted molar refractivity (Wildman–Crippen MR) is 99.0 cm³/mol. The molecule has 1 aromatic carbocycles. The van der Waals surface area contributed by atoms with Gasteiger partial charge in [0.05, 0.1) is 24.0 Å². The van der Waals surface area contributed by atoms with E-state index in [1.54, 1.807) is 29.1 Å². The monoisotopic (exact) mass is 365 g/mol. The van der Waals surface area contributed by atoms with E-state index >= 15 is 0 Å². The lowest BCUT2D eigenvalue weighted by molar-refractivity contribution is 0.624. The van der Waals surface area contributed by atoms with Gasteiger partial charge in [-0.1, -0.05) is 29.8 Å². The third-order valence-corrected chi connectivity index (χ3v) is 3.76. The zero-order valence-corrected chi connectivity index (χ0v) is 14.7. The number of hydrogen-bond donors (Lipinski definition) is 2. The van der Waals surface area contributed by atoms with Gasteiger partial charge in [0.2, 0.25) is 0 Å². The Morgan fingerprint density at radius 1 is 1.46 bits per heavy atom. The number of thiocarbonyl (C=S) groups is 1. The van der Waals surface area contributed by atoms with E-state index in [1.807, 2.05) is 6.92 Å². The standard InChI is InChI=1S/C16H17ClFN5S/c1-3-8-19-16(24)21-20-9-14-11(2)22-23(15(14)17)10-12-4-6-13(18)7-5-12/h3-7,9H,1,8,10H2,2H3,(H2,19,21,24)/b20-9+. The Balaban J connectivity index is 2.06. The van der Waals surface area contributed by atoms with Crippen molar-refractivity contribution in [3.63, 3.8) is 0 Å². The number of benzene rings is 1. The van der Waals surface area contributed by atoms with Crippen molar-refractivity contribution in [2.75, 3.05) is 6.54 Å². The third kappa shape index (κ3) is 4.87. The van der Waals surface area contributed by atoms with Gasteiger partial charge < -0.3 is 5.32 Å². The highest BCUT2D eigenvalue weighted by Gasteiger charge is 2.12. The molecule has 0 aliphatic carbocycles. The minimum Gasteiger partial charge on any atom is -0.358 e. The molecule has 0 spiro atoms. The van der Waals surface area contributed by atoms with Crippen LogP contribution in [0.2, 0.25) is 5.15 Å². The number of hydrazone groups is 1. The van der Waals surface area contributed by atoms with Gasteiger partial charge in [-0.2, -0.15) is 10.2 Å². The summed E-state index contributed by atoms with van der Waals surface area (Å²) in [7, 11) is 0. The first-order valence-electron chi connectivity index (χ1n) is 7.16. The third-order valence-electron chi connectivity index (χ3n) is 3.12. The molecule has 0 aliphatic heterocycles. The zero-order valence-electron chi connectivity index (χ0n) is 13.1. The van der Waals surface area contributed by atoms with Crippen LogP contribution < -0.4 is 10.7 Å². The molecular weight excluding hydrogens is 349 g/mol. The largest absolute Gasteiger partial charge is 0.358 e. The molecule has 24 heavy (non-hydrogen) atoms. The van der Waals surface area contributed by atoms with Crippen molar-refractivity contribution < 1.29 is 4.39 Å². The van der Waals surface area contributed by atoms with E-state index in [4.69, 9.17) is 23.8 Å². The Bertz CT molecular complexity index is 755. The van der Waals surface area contributed by atoms with E-state index in [0.29, 0.717) is 28.9 Å². The second-order valence-corrected chi connectivity index (χ2v) is 5.71. The van der Waals surface area contributed by atoms with Gasteiger partial charge in [-0.25, -0.2) is 9.07 Å². The molecule has 2 rings (SSSR count). The topological polar surface area (TPSA) is 54.2 Å². The molecule has 0 atom stereocenters. The van der Waals surface area contributed by atoms with Gasteiger partial charge in [0, 0.05) is 6.54 Å². The van der Waals surface area contributed by atoms with Crippen LogP contribution in [0.15, 0.2) is 42.0 Å². The van der Waals surface area contributed by atoms with Crippen LogP contribution in [0.3, 0.4) is 0 Å². The molecule has 0 unspecified atom stereocenters. The molecule has 5 nitrogen and oxygen atoms in total. The van der Waals surface area contributed by atoms with E-state index in [2.05, 4.69) is 27.5 Å². The lowest BCUT2D eigenvalue weighted by Crippen LogP contribution is -2.31. The quantitative estimate of drug-likeness (QED) is 0.357. The van der Waals surface area contributed by atoms with Crippen molar-refractivity contribution in [1.82, 2.24) is 20.5 Å². The maximum Gasteiger partial charge on any atom is 0.187 e. The number of nitrogens with one attached hydrogen (secondary N) is 2. The normalized spacial score (nSPS) is 10.8. The Morgan fingerprint density at radius 3 is 2.83 bits per heavy atom. The molecule has 0 amide bonds. The smallest absolute Gasteiger partial charge is 0.187 e.